The van der Waals surface area contributed by atoms with Crippen LogP contribution in [0.15, 0.2) is 36.3 Å². The summed E-state index contributed by atoms with van der Waals surface area (Å²) < 4.78 is 60.8. The first-order valence-electron chi connectivity index (χ1n) is 10.6. The van der Waals surface area contributed by atoms with Crippen molar-refractivity contribution in [1.82, 2.24) is 9.97 Å². The number of nitrogens with two attached hydrogens (primary N) is 1. The smallest absolute Gasteiger partial charge is 0.296 e. The molecule has 1 aliphatic rings. The average molecular weight is 480 g/mol. The number of anilines is 1. The number of carbonyl (C=O) groups excluding carboxylic acids is 2. The van der Waals surface area contributed by atoms with Crippen molar-refractivity contribution < 1.29 is 31.9 Å². The molecule has 0 saturated carbocycles. The minimum absolute atomic E-state index is 0.0376. The summed E-state index contributed by atoms with van der Waals surface area (Å²) in [6, 6.07) is 2.63. The Balaban J connectivity index is 2.02. The van der Waals surface area contributed by atoms with E-state index in [2.05, 4.69) is 15.3 Å². The summed E-state index contributed by atoms with van der Waals surface area (Å²) in [6.45, 7) is 2.88. The first-order chi connectivity index (χ1) is 16.0. The second-order valence-electron chi connectivity index (χ2n) is 8.44. The van der Waals surface area contributed by atoms with Crippen LogP contribution in [0.5, 0.6) is 0 Å². The lowest BCUT2D eigenvalue weighted by Crippen LogP contribution is -2.32. The fourth-order valence-electron chi connectivity index (χ4n) is 3.53. The third-order valence-electron chi connectivity index (χ3n) is 5.06. The Kier molecular flexibility index (Phi) is 7.65. The summed E-state index contributed by atoms with van der Waals surface area (Å²) in [6.07, 6.45) is 0.703. The second-order valence-corrected chi connectivity index (χ2v) is 8.44. The molecule has 182 valence electrons. The van der Waals surface area contributed by atoms with Crippen LogP contribution in [0.4, 0.5) is 23.2 Å². The van der Waals surface area contributed by atoms with Gasteiger partial charge in [0.15, 0.2) is 0 Å². The van der Waals surface area contributed by atoms with E-state index in [9.17, 15) is 27.2 Å². The van der Waals surface area contributed by atoms with E-state index in [-0.39, 0.29) is 40.7 Å². The zero-order chi connectivity index (χ0) is 25.0. The fraction of sp³-hybridized carbons (Fsp3) is 0.391. The molecule has 1 unspecified atom stereocenters. The number of allylic oxidation sites excluding steroid dienone is 1. The van der Waals surface area contributed by atoms with Crippen molar-refractivity contribution in [3.05, 3.63) is 53.6 Å². The number of halogens is 4. The molecule has 1 aromatic heterocycles. The maximum Gasteiger partial charge on any atom is 0.296 e. The van der Waals surface area contributed by atoms with Gasteiger partial charge in [-0.3, -0.25) is 9.59 Å². The molecule has 0 aliphatic carbocycles. The molecule has 1 saturated heterocycles. The van der Waals surface area contributed by atoms with Gasteiger partial charge in [0.25, 0.3) is 11.8 Å². The Morgan fingerprint density at radius 2 is 2.03 bits per heavy atom. The highest BCUT2D eigenvalue weighted by molar-refractivity contribution is 6.45. The van der Waals surface area contributed by atoms with Gasteiger partial charge in [-0.05, 0) is 37.0 Å². The van der Waals surface area contributed by atoms with E-state index in [0.717, 1.165) is 30.6 Å². The van der Waals surface area contributed by atoms with E-state index in [1.165, 1.54) is 0 Å². The third kappa shape index (κ3) is 6.16. The van der Waals surface area contributed by atoms with Gasteiger partial charge in [-0.15, -0.1) is 0 Å². The SMILES string of the molecule is CC(C)CC(N)=CC(=O)C(=O)Nc1c(-c2cc(F)ccc2F)ncnc1C1CCC(F)(F)CO1. The van der Waals surface area contributed by atoms with Crippen LogP contribution in [-0.4, -0.2) is 34.2 Å². The number of alkyl halides is 2. The molecule has 1 aromatic carbocycles. The van der Waals surface area contributed by atoms with E-state index in [0.29, 0.717) is 6.42 Å². The molecular weight excluding hydrogens is 456 g/mol. The largest absolute Gasteiger partial charge is 0.402 e. The normalized spacial score (nSPS) is 18.1. The number of hydrogen-bond acceptors (Lipinski definition) is 6. The van der Waals surface area contributed by atoms with Crippen molar-refractivity contribution in [3.8, 4) is 11.3 Å². The van der Waals surface area contributed by atoms with Crippen molar-refractivity contribution in [2.24, 2.45) is 11.7 Å². The molecule has 1 amide bonds. The molecule has 0 bridgehead atoms. The Morgan fingerprint density at radius 3 is 2.68 bits per heavy atom. The lowest BCUT2D eigenvalue weighted by molar-refractivity contribution is -0.146. The van der Waals surface area contributed by atoms with Gasteiger partial charge in [0.1, 0.15) is 36.4 Å². The minimum atomic E-state index is -3.03. The molecule has 1 atom stereocenters. The van der Waals surface area contributed by atoms with E-state index in [4.69, 9.17) is 10.5 Å². The predicted molar refractivity (Wildman–Crippen MR) is 116 cm³/mol. The summed E-state index contributed by atoms with van der Waals surface area (Å²) in [5.41, 5.74) is 5.15. The lowest BCUT2D eigenvalue weighted by Gasteiger charge is -2.29. The van der Waals surface area contributed by atoms with Crippen LogP contribution in [-0.2, 0) is 14.3 Å². The van der Waals surface area contributed by atoms with Crippen LogP contribution in [0.3, 0.4) is 0 Å². The monoisotopic (exact) mass is 480 g/mol. The maximum absolute atomic E-state index is 14.5. The molecule has 0 spiro atoms. The van der Waals surface area contributed by atoms with Gasteiger partial charge in [-0.1, -0.05) is 13.8 Å². The minimum Gasteiger partial charge on any atom is -0.402 e. The summed E-state index contributed by atoms with van der Waals surface area (Å²) in [5.74, 6) is -6.64. The third-order valence-corrected chi connectivity index (χ3v) is 5.06. The highest BCUT2D eigenvalue weighted by Crippen LogP contribution is 2.40. The van der Waals surface area contributed by atoms with Crippen molar-refractivity contribution in [2.75, 3.05) is 11.9 Å². The number of ketones is 1. The Bertz CT molecular complexity index is 1110. The molecule has 2 aromatic rings. The zero-order valence-corrected chi connectivity index (χ0v) is 18.6. The van der Waals surface area contributed by atoms with Crippen LogP contribution in [0.1, 0.15) is 44.9 Å². The number of hydrogen-bond donors (Lipinski definition) is 2. The second kappa shape index (κ2) is 10.3. The Hall–Kier alpha value is -3.34. The number of rotatable bonds is 7. The predicted octanol–water partition coefficient (Wildman–Crippen LogP) is 4.30. The van der Waals surface area contributed by atoms with Gasteiger partial charge in [0, 0.05) is 23.8 Å². The number of ether oxygens (including phenoxy) is 1. The average Bonchev–Trinajstić information content (AvgIpc) is 2.75. The Morgan fingerprint density at radius 1 is 1.29 bits per heavy atom. The first kappa shape index (κ1) is 25.3. The number of amides is 1. The zero-order valence-electron chi connectivity index (χ0n) is 18.6. The summed E-state index contributed by atoms with van der Waals surface area (Å²) in [4.78, 5) is 33.1. The highest BCUT2D eigenvalue weighted by atomic mass is 19.3. The van der Waals surface area contributed by atoms with Gasteiger partial charge in [-0.25, -0.2) is 27.5 Å². The molecule has 1 fully saturated rings. The van der Waals surface area contributed by atoms with Crippen LogP contribution >= 0.6 is 0 Å². The van der Waals surface area contributed by atoms with Crippen molar-refractivity contribution in [2.45, 2.75) is 45.1 Å². The Labute approximate surface area is 193 Å². The van der Waals surface area contributed by atoms with Gasteiger partial charge >= 0.3 is 0 Å². The molecule has 3 rings (SSSR count). The van der Waals surface area contributed by atoms with Crippen LogP contribution < -0.4 is 11.1 Å². The fourth-order valence-corrected chi connectivity index (χ4v) is 3.53. The molecule has 3 N–H and O–H groups in total. The first-order valence-corrected chi connectivity index (χ1v) is 10.6. The standard InChI is InChI=1S/C23H24F4N4O3/c1-12(2)7-14(28)9-17(32)22(33)31-21-19(15-8-13(24)3-4-16(15)25)29-11-30-20(21)18-5-6-23(26,27)10-34-18/h3-4,8-9,11-12,18H,5-7,10,28H2,1-2H3,(H,31,33). The number of benzene rings is 1. The van der Waals surface area contributed by atoms with Crippen LogP contribution in [0, 0.1) is 17.6 Å². The lowest BCUT2D eigenvalue weighted by atomic mass is 10.00. The van der Waals surface area contributed by atoms with E-state index in [1.54, 1.807) is 0 Å². The molecular formula is C23H24F4N4O3. The van der Waals surface area contributed by atoms with Crippen molar-refractivity contribution >= 4 is 17.4 Å². The summed E-state index contributed by atoms with van der Waals surface area (Å²) in [7, 11) is 0. The van der Waals surface area contributed by atoms with E-state index in [1.807, 2.05) is 13.8 Å². The molecule has 1 aliphatic heterocycles. The molecule has 11 heteroatoms. The quantitative estimate of drug-likeness (QED) is 0.348. The van der Waals surface area contributed by atoms with Gasteiger partial charge < -0.3 is 15.8 Å². The van der Waals surface area contributed by atoms with Crippen LogP contribution in [0.25, 0.3) is 11.3 Å². The highest BCUT2D eigenvalue weighted by Gasteiger charge is 2.38. The van der Waals surface area contributed by atoms with Gasteiger partial charge in [0.05, 0.1) is 11.4 Å². The number of carbonyl (C=O) groups is 2. The van der Waals surface area contributed by atoms with Crippen molar-refractivity contribution in [1.29, 1.82) is 0 Å². The van der Waals surface area contributed by atoms with Crippen molar-refractivity contribution in [3.63, 3.8) is 0 Å². The summed E-state index contributed by atoms with van der Waals surface area (Å²) in [5, 5.41) is 2.33. The maximum atomic E-state index is 14.5. The molecule has 2 heterocycles. The van der Waals surface area contributed by atoms with E-state index >= 15 is 0 Å². The molecule has 0 radical (unpaired) electrons. The summed E-state index contributed by atoms with van der Waals surface area (Å²) >= 11 is 0. The number of nitrogens with one attached hydrogen (secondary N) is 1. The molecule has 7 nitrogen and oxygen atoms in total. The van der Waals surface area contributed by atoms with Gasteiger partial charge in [0.2, 0.25) is 5.78 Å². The topological polar surface area (TPSA) is 107 Å². The number of nitrogens with zero attached hydrogens (tertiary/aromatic N) is 2. The van der Waals surface area contributed by atoms with E-state index < -0.39 is 48.4 Å². The van der Waals surface area contributed by atoms with Gasteiger partial charge in [-0.2, -0.15) is 0 Å². The van der Waals surface area contributed by atoms with Crippen LogP contribution in [0.2, 0.25) is 0 Å². The number of aromatic nitrogens is 2. The molecule has 34 heavy (non-hydrogen) atoms.